The normalized spacial score (nSPS) is 29.8. The van der Waals surface area contributed by atoms with Crippen molar-refractivity contribution in [3.8, 4) is 11.6 Å². The number of ether oxygens (including phenoxy) is 2. The number of aliphatic hydroxyl groups is 1. The van der Waals surface area contributed by atoms with Gasteiger partial charge in [0.15, 0.2) is 0 Å². The van der Waals surface area contributed by atoms with E-state index in [1.165, 1.54) is 34.7 Å². The fourth-order valence-electron chi connectivity index (χ4n) is 8.64. The maximum Gasteiger partial charge on any atom is 0.286 e. The van der Waals surface area contributed by atoms with E-state index >= 15 is 0 Å². The van der Waals surface area contributed by atoms with Crippen molar-refractivity contribution in [3.63, 3.8) is 0 Å². The van der Waals surface area contributed by atoms with Crippen LogP contribution in [0.3, 0.4) is 0 Å². The number of aromatic nitrogens is 2. The maximum absolute atomic E-state index is 14.5. The standard InChI is InChI=1S/C38H49N5O6S/c1-24-10-14-31-26(17-24)8-6-16-38(31)22-43-19-28-11-13-29(28)33(44)9-5-7-25(2)21-50(47,41-36(46)30-20-42(3)39-37(30)48-4)40-35(45)27-12-15-34(49-23-38)32(43)18-27/h10,12,14-15,17-18,20,25,28-29,33,44H,5-9,11,13,16,19,21-23H2,1-4H3,(H,40,41,45,46,47)/t25-,28-,29+,33-,38-,50?/m0/s1. The molecule has 50 heavy (non-hydrogen) atoms. The highest BCUT2D eigenvalue weighted by Gasteiger charge is 2.44. The molecular formula is C38H49N5O6S. The molecule has 12 heteroatoms. The van der Waals surface area contributed by atoms with Gasteiger partial charge in [0.1, 0.15) is 21.2 Å². The molecule has 0 radical (unpaired) electrons. The van der Waals surface area contributed by atoms with Crippen molar-refractivity contribution in [2.75, 3.05) is 37.5 Å². The van der Waals surface area contributed by atoms with Crippen LogP contribution < -0.4 is 19.1 Å². The van der Waals surface area contributed by atoms with Crippen molar-refractivity contribution in [1.82, 2.24) is 14.5 Å². The number of methoxy groups -OCH3 is 1. The first-order valence-corrected chi connectivity index (χ1v) is 19.6. The van der Waals surface area contributed by atoms with Gasteiger partial charge in [0.2, 0.25) is 5.88 Å². The third-order valence-corrected chi connectivity index (χ3v) is 13.3. The zero-order chi connectivity index (χ0) is 35.2. The second-order valence-electron chi connectivity index (χ2n) is 15.1. The lowest BCUT2D eigenvalue weighted by Gasteiger charge is -2.46. The molecule has 11 nitrogen and oxygen atoms in total. The second-order valence-corrected chi connectivity index (χ2v) is 17.1. The molecule has 2 aromatic carbocycles. The summed E-state index contributed by atoms with van der Waals surface area (Å²) in [7, 11) is -0.514. The van der Waals surface area contributed by atoms with Gasteiger partial charge in [0, 0.05) is 37.3 Å². The minimum absolute atomic E-state index is 0.0171. The smallest absolute Gasteiger partial charge is 0.286 e. The minimum Gasteiger partial charge on any atom is -0.490 e. The topological polar surface area (TPSA) is 135 Å². The molecular weight excluding hydrogens is 655 g/mol. The number of aliphatic hydroxyl groups excluding tert-OH is 1. The molecule has 1 aromatic heterocycles. The number of amides is 2. The molecule has 7 rings (SSSR count). The highest BCUT2D eigenvalue weighted by molar-refractivity contribution is 7.92. The molecule has 1 unspecified atom stereocenters. The lowest BCUT2D eigenvalue weighted by Crippen LogP contribution is -2.49. The number of hydrogen-bond donors (Lipinski definition) is 2. The number of rotatable bonds is 3. The van der Waals surface area contributed by atoms with Crippen LogP contribution in [0.1, 0.15) is 89.3 Å². The Morgan fingerprint density at radius 2 is 1.98 bits per heavy atom. The summed E-state index contributed by atoms with van der Waals surface area (Å²) in [6.07, 6.45) is 8.24. The van der Waals surface area contributed by atoms with E-state index in [1.807, 2.05) is 19.1 Å². The van der Waals surface area contributed by atoms with E-state index in [1.54, 1.807) is 13.1 Å². The quantitative estimate of drug-likeness (QED) is 0.372. The Balaban J connectivity index is 1.29. The molecule has 2 N–H and O–H groups in total. The van der Waals surface area contributed by atoms with Crippen molar-refractivity contribution in [2.24, 2.45) is 29.2 Å². The fourth-order valence-corrected chi connectivity index (χ4v) is 10.6. The molecule has 0 saturated heterocycles. The Morgan fingerprint density at radius 1 is 1.14 bits per heavy atom. The van der Waals surface area contributed by atoms with Crippen LogP contribution in [0.2, 0.25) is 0 Å². The Hall–Kier alpha value is -3.90. The molecule has 2 bridgehead atoms. The summed E-state index contributed by atoms with van der Waals surface area (Å²) in [5.74, 6) is -0.199. The Kier molecular flexibility index (Phi) is 9.44. The van der Waals surface area contributed by atoms with Crippen molar-refractivity contribution in [1.29, 1.82) is 0 Å². The van der Waals surface area contributed by atoms with E-state index in [0.717, 1.165) is 57.3 Å². The van der Waals surface area contributed by atoms with Gasteiger partial charge >= 0.3 is 0 Å². The summed E-state index contributed by atoms with van der Waals surface area (Å²) >= 11 is 0. The molecule has 6 atom stereocenters. The second kappa shape index (κ2) is 13.7. The highest BCUT2D eigenvalue weighted by Crippen LogP contribution is 2.47. The molecule has 3 aromatic rings. The van der Waals surface area contributed by atoms with Crippen LogP contribution in [-0.4, -0.2) is 69.6 Å². The maximum atomic E-state index is 14.5. The number of carbonyl (C=O) groups excluding carboxylic acids is 2. The van der Waals surface area contributed by atoms with E-state index in [0.29, 0.717) is 31.1 Å². The van der Waals surface area contributed by atoms with Crippen molar-refractivity contribution in [2.45, 2.75) is 76.7 Å². The van der Waals surface area contributed by atoms with Gasteiger partial charge in [-0.3, -0.25) is 19.0 Å². The van der Waals surface area contributed by atoms with Crippen LogP contribution in [-0.2, 0) is 28.8 Å². The third-order valence-electron chi connectivity index (χ3n) is 11.3. The lowest BCUT2D eigenvalue weighted by molar-refractivity contribution is 0.00868. The minimum atomic E-state index is -3.57. The molecule has 2 aliphatic carbocycles. The Labute approximate surface area is 295 Å². The number of benzene rings is 2. The number of hydrogen-bond acceptors (Lipinski definition) is 8. The molecule has 1 spiro atoms. The van der Waals surface area contributed by atoms with Crippen LogP contribution in [0.5, 0.6) is 11.6 Å². The SMILES string of the molecule is COc1nn(C)cc1C(=O)NS1(=O)=NC(=O)c2ccc3c(c2)N(C[C@@H]2CC[C@H]2[C@@H](O)CCC[C@H](C)C1)C[C@@]1(CCCc2cc(C)ccc21)CO3. The molecule has 2 amide bonds. The van der Waals surface area contributed by atoms with E-state index in [-0.39, 0.29) is 40.0 Å². The Morgan fingerprint density at radius 3 is 2.76 bits per heavy atom. The predicted molar refractivity (Wildman–Crippen MR) is 192 cm³/mol. The number of nitrogens with zero attached hydrogens (tertiary/aromatic N) is 4. The number of anilines is 1. The molecule has 1 fully saturated rings. The molecule has 1 saturated carbocycles. The largest absolute Gasteiger partial charge is 0.490 e. The van der Waals surface area contributed by atoms with Crippen molar-refractivity contribution in [3.05, 3.63) is 70.4 Å². The van der Waals surface area contributed by atoms with E-state index in [4.69, 9.17) is 9.47 Å². The van der Waals surface area contributed by atoms with Gasteiger partial charge in [-0.1, -0.05) is 37.1 Å². The van der Waals surface area contributed by atoms with Crippen LogP contribution in [0, 0.1) is 24.7 Å². The van der Waals surface area contributed by atoms with E-state index in [9.17, 15) is 18.9 Å². The summed E-state index contributed by atoms with van der Waals surface area (Å²) in [6.45, 7) is 6.07. The van der Waals surface area contributed by atoms with Gasteiger partial charge in [-0.25, -0.2) is 4.21 Å². The number of nitrogens with one attached hydrogen (secondary N) is 1. The summed E-state index contributed by atoms with van der Waals surface area (Å²) < 4.78 is 34.7. The number of fused-ring (bicyclic) bond motifs is 4. The zero-order valence-electron chi connectivity index (χ0n) is 29.5. The summed E-state index contributed by atoms with van der Waals surface area (Å²) in [6, 6.07) is 12.1. The van der Waals surface area contributed by atoms with Crippen molar-refractivity contribution >= 4 is 27.4 Å². The zero-order valence-corrected chi connectivity index (χ0v) is 30.3. The van der Waals surface area contributed by atoms with Gasteiger partial charge in [-0.2, -0.15) is 0 Å². The fraction of sp³-hybridized carbons (Fsp3) is 0.553. The van der Waals surface area contributed by atoms with Gasteiger partial charge in [-0.05, 0) is 98.9 Å². The monoisotopic (exact) mass is 703 g/mol. The first-order chi connectivity index (χ1) is 24.0. The lowest BCUT2D eigenvalue weighted by atomic mass is 9.68. The number of aryl methyl sites for hydroxylation is 3. The average Bonchev–Trinajstić information content (AvgIpc) is 3.37. The van der Waals surface area contributed by atoms with Crippen LogP contribution in [0.4, 0.5) is 5.69 Å². The first-order valence-electron chi connectivity index (χ1n) is 17.9. The summed E-state index contributed by atoms with van der Waals surface area (Å²) in [4.78, 5) is 29.8. The van der Waals surface area contributed by atoms with Gasteiger partial charge in [0.25, 0.3) is 11.8 Å². The van der Waals surface area contributed by atoms with E-state index < -0.39 is 27.8 Å². The average molecular weight is 704 g/mol. The molecule has 4 aliphatic rings. The molecule has 3 heterocycles. The first kappa shape index (κ1) is 34.5. The predicted octanol–water partition coefficient (Wildman–Crippen LogP) is 5.37. The van der Waals surface area contributed by atoms with Gasteiger partial charge in [0.05, 0.1) is 31.3 Å². The summed E-state index contributed by atoms with van der Waals surface area (Å²) in [5, 5.41) is 15.6. The van der Waals surface area contributed by atoms with Gasteiger partial charge < -0.3 is 19.5 Å². The van der Waals surface area contributed by atoms with Gasteiger partial charge in [-0.15, -0.1) is 9.46 Å². The van der Waals surface area contributed by atoms with Crippen LogP contribution in [0.25, 0.3) is 0 Å². The van der Waals surface area contributed by atoms with Crippen LogP contribution >= 0.6 is 0 Å². The number of carbonyl (C=O) groups is 2. The van der Waals surface area contributed by atoms with Crippen LogP contribution in [0.15, 0.2) is 47.0 Å². The molecule has 268 valence electrons. The van der Waals surface area contributed by atoms with Crippen molar-refractivity contribution < 1.29 is 28.4 Å². The third kappa shape index (κ3) is 6.76. The van der Waals surface area contributed by atoms with E-state index in [2.05, 4.69) is 44.2 Å². The summed E-state index contributed by atoms with van der Waals surface area (Å²) in [5.41, 5.74) is 4.92. The molecule has 2 aliphatic heterocycles. The Bertz CT molecular complexity index is 1920. The highest BCUT2D eigenvalue weighted by atomic mass is 32.2.